The van der Waals surface area contributed by atoms with Crippen molar-refractivity contribution in [2.75, 3.05) is 14.1 Å². The summed E-state index contributed by atoms with van der Waals surface area (Å²) in [5.74, 6) is -0.133. The van der Waals surface area contributed by atoms with Crippen LogP contribution in [0.4, 0.5) is 8.78 Å². The third kappa shape index (κ3) is 5.08. The van der Waals surface area contributed by atoms with E-state index in [0.717, 1.165) is 23.2 Å². The van der Waals surface area contributed by atoms with Gasteiger partial charge in [-0.25, -0.2) is 0 Å². The van der Waals surface area contributed by atoms with Gasteiger partial charge < -0.3 is 9.64 Å². The molecule has 0 fully saturated rings. The lowest BCUT2D eigenvalue weighted by molar-refractivity contribution is -0.132. The van der Waals surface area contributed by atoms with Crippen molar-refractivity contribution in [3.05, 3.63) is 83.1 Å². The first kappa shape index (κ1) is 20.7. The van der Waals surface area contributed by atoms with Gasteiger partial charge in [-0.1, -0.05) is 43.0 Å². The molecule has 0 aliphatic carbocycles. The highest BCUT2D eigenvalue weighted by molar-refractivity contribution is 5.97. The van der Waals surface area contributed by atoms with Gasteiger partial charge in [0.15, 0.2) is 5.78 Å². The summed E-state index contributed by atoms with van der Waals surface area (Å²) in [6, 6.07) is 12.6. The maximum absolute atomic E-state index is 13.4. The lowest BCUT2D eigenvalue weighted by Crippen LogP contribution is -2.24. The molecular weight excluding hydrogens is 372 g/mol. The molecule has 0 bridgehead atoms. The van der Waals surface area contributed by atoms with E-state index in [1.165, 1.54) is 12.1 Å². The molecule has 0 saturated heterocycles. The number of carbonyl (C=O) groups is 1. The van der Waals surface area contributed by atoms with Crippen molar-refractivity contribution in [3.8, 4) is 5.75 Å². The van der Waals surface area contributed by atoms with Crippen molar-refractivity contribution in [1.82, 2.24) is 4.90 Å². The Bertz CT molecular complexity index is 1000. The van der Waals surface area contributed by atoms with E-state index in [1.807, 2.05) is 38.4 Å². The average Bonchev–Trinajstić information content (AvgIpc) is 2.67. The molecule has 0 N–H and O–H groups in total. The molecule has 0 aromatic heterocycles. The minimum absolute atomic E-state index is 0.0131. The quantitative estimate of drug-likeness (QED) is 0.453. The summed E-state index contributed by atoms with van der Waals surface area (Å²) in [5, 5.41) is 0. The van der Waals surface area contributed by atoms with Gasteiger partial charge in [0.05, 0.1) is 0 Å². The van der Waals surface area contributed by atoms with Crippen molar-refractivity contribution in [2.24, 2.45) is 0 Å². The van der Waals surface area contributed by atoms with Crippen LogP contribution >= 0.6 is 0 Å². The number of Topliss-reactive ketones (excluding diaryl/α,β-unsaturated/α-hetero) is 1. The Kier molecular flexibility index (Phi) is 6.12. The molecule has 2 aromatic rings. The van der Waals surface area contributed by atoms with Crippen LogP contribution in [0.3, 0.4) is 0 Å². The molecule has 0 unspecified atom stereocenters. The Hall–Kier alpha value is -3.01. The number of allylic oxidation sites excluding steroid dienone is 1. The third-order valence-corrected chi connectivity index (χ3v) is 4.68. The van der Waals surface area contributed by atoms with Crippen LogP contribution in [0.1, 0.15) is 39.9 Å². The molecular formula is C24H23F2NO2. The van der Waals surface area contributed by atoms with E-state index in [9.17, 15) is 13.6 Å². The lowest BCUT2D eigenvalue weighted by Gasteiger charge is -2.20. The van der Waals surface area contributed by atoms with Crippen molar-refractivity contribution in [3.63, 3.8) is 0 Å². The van der Waals surface area contributed by atoms with Crippen LogP contribution in [0.5, 0.6) is 5.75 Å². The van der Waals surface area contributed by atoms with Gasteiger partial charge in [-0.15, -0.1) is 5.73 Å². The number of carbonyl (C=O) groups excluding carboxylic acids is 1. The molecule has 2 aromatic carbocycles. The summed E-state index contributed by atoms with van der Waals surface area (Å²) < 4.78 is 31.5. The van der Waals surface area contributed by atoms with E-state index in [2.05, 4.69) is 21.9 Å². The number of nitrogens with zero attached hydrogens (tertiary/aromatic N) is 1. The normalized spacial score (nSPS) is 14.1. The Morgan fingerprint density at radius 3 is 2.66 bits per heavy atom. The fourth-order valence-electron chi connectivity index (χ4n) is 3.30. The van der Waals surface area contributed by atoms with E-state index in [-0.39, 0.29) is 18.0 Å². The predicted molar refractivity (Wildman–Crippen MR) is 111 cm³/mol. The highest BCUT2D eigenvalue weighted by Crippen LogP contribution is 2.34. The lowest BCUT2D eigenvalue weighted by atomic mass is 9.94. The largest absolute Gasteiger partial charge is 0.429 e. The number of hydrogen-bond donors (Lipinski definition) is 0. The Labute approximate surface area is 169 Å². The Morgan fingerprint density at radius 2 is 1.93 bits per heavy atom. The number of benzene rings is 2. The summed E-state index contributed by atoms with van der Waals surface area (Å²) in [4.78, 5) is 14.7. The van der Waals surface area contributed by atoms with Crippen molar-refractivity contribution >= 4 is 17.4 Å². The van der Waals surface area contributed by atoms with Crippen LogP contribution in [0.15, 0.2) is 60.9 Å². The average molecular weight is 395 g/mol. The molecule has 1 aliphatic rings. The number of hydrogen-bond acceptors (Lipinski definition) is 3. The van der Waals surface area contributed by atoms with Crippen LogP contribution in [0.2, 0.25) is 0 Å². The first-order valence-corrected chi connectivity index (χ1v) is 9.34. The predicted octanol–water partition coefficient (Wildman–Crippen LogP) is 5.58. The Morgan fingerprint density at radius 1 is 1.17 bits per heavy atom. The molecule has 0 radical (unpaired) electrons. The van der Waals surface area contributed by atoms with Gasteiger partial charge in [-0.05, 0) is 43.8 Å². The highest BCUT2D eigenvalue weighted by atomic mass is 19.3. The summed E-state index contributed by atoms with van der Waals surface area (Å²) in [5.41, 5.74) is 6.84. The van der Waals surface area contributed by atoms with Gasteiger partial charge in [-0.3, -0.25) is 4.79 Å². The fourth-order valence-corrected chi connectivity index (χ4v) is 3.30. The fraction of sp³-hybridized carbons (Fsp3) is 0.250. The van der Waals surface area contributed by atoms with Crippen LogP contribution in [-0.4, -0.2) is 30.9 Å². The van der Waals surface area contributed by atoms with E-state index in [0.29, 0.717) is 23.6 Å². The molecule has 0 amide bonds. The third-order valence-electron chi connectivity index (χ3n) is 4.68. The highest BCUT2D eigenvalue weighted by Gasteiger charge is 2.32. The summed E-state index contributed by atoms with van der Waals surface area (Å²) in [6.07, 6.45) is -0.681. The van der Waals surface area contributed by atoms with Gasteiger partial charge in [0.25, 0.3) is 0 Å². The first-order valence-electron chi connectivity index (χ1n) is 9.34. The number of alkyl halides is 2. The second kappa shape index (κ2) is 8.56. The maximum Gasteiger partial charge on any atom is 0.419 e. The molecule has 3 rings (SSSR count). The van der Waals surface area contributed by atoms with Gasteiger partial charge in [-0.2, -0.15) is 8.78 Å². The molecule has 150 valence electrons. The topological polar surface area (TPSA) is 29.5 Å². The molecule has 0 atom stereocenters. The first-order chi connectivity index (χ1) is 13.8. The van der Waals surface area contributed by atoms with Crippen molar-refractivity contribution in [2.45, 2.75) is 25.5 Å². The molecule has 0 saturated carbocycles. The van der Waals surface area contributed by atoms with Crippen LogP contribution < -0.4 is 4.74 Å². The second-order valence-electron chi connectivity index (χ2n) is 7.22. The van der Waals surface area contributed by atoms with Gasteiger partial charge in [0, 0.05) is 35.7 Å². The van der Waals surface area contributed by atoms with Gasteiger partial charge in [0.1, 0.15) is 5.75 Å². The van der Waals surface area contributed by atoms with Crippen LogP contribution in [-0.2, 0) is 6.54 Å². The number of ketones is 1. The van der Waals surface area contributed by atoms with E-state index < -0.39 is 6.11 Å². The number of rotatable bonds is 7. The van der Waals surface area contributed by atoms with Gasteiger partial charge in [0.2, 0.25) is 0 Å². The minimum Gasteiger partial charge on any atom is -0.429 e. The standard InChI is InChI=1S/C24H23F2NO2/c1-4-17(21-8-6-5-7-20(21)16-27(2)3)11-12-22(28)19-10-9-18-13-14-24(25,26)29-23(18)15-19/h5-10,13-15H,1,11-12,16H2,2-3H3. The summed E-state index contributed by atoms with van der Waals surface area (Å²) in [7, 11) is 3.99. The molecule has 1 heterocycles. The number of ether oxygens (including phenoxy) is 1. The van der Waals surface area contributed by atoms with Crippen molar-refractivity contribution in [1.29, 1.82) is 0 Å². The van der Waals surface area contributed by atoms with E-state index in [4.69, 9.17) is 0 Å². The zero-order valence-electron chi connectivity index (χ0n) is 16.5. The summed E-state index contributed by atoms with van der Waals surface area (Å²) >= 11 is 0. The minimum atomic E-state index is -3.36. The van der Waals surface area contributed by atoms with E-state index in [1.54, 1.807) is 12.1 Å². The number of halogens is 2. The molecule has 29 heavy (non-hydrogen) atoms. The number of fused-ring (bicyclic) bond motifs is 1. The molecule has 1 aliphatic heterocycles. The summed E-state index contributed by atoms with van der Waals surface area (Å²) in [6.45, 7) is 4.55. The molecule has 5 heteroatoms. The Balaban J connectivity index is 1.74. The zero-order valence-corrected chi connectivity index (χ0v) is 16.5. The van der Waals surface area contributed by atoms with Crippen molar-refractivity contribution < 1.29 is 18.3 Å². The monoisotopic (exact) mass is 395 g/mol. The van der Waals surface area contributed by atoms with Crippen LogP contribution in [0.25, 0.3) is 11.6 Å². The maximum atomic E-state index is 13.4. The second-order valence-corrected chi connectivity index (χ2v) is 7.22. The van der Waals surface area contributed by atoms with E-state index >= 15 is 0 Å². The van der Waals surface area contributed by atoms with Crippen LogP contribution in [0, 0.1) is 0 Å². The smallest absolute Gasteiger partial charge is 0.419 e. The van der Waals surface area contributed by atoms with Gasteiger partial charge >= 0.3 is 6.11 Å². The molecule has 3 nitrogen and oxygen atoms in total. The SMILES string of the molecule is C=C=C(CCC(=O)c1ccc2c(c1)OC(F)(F)C=C2)c1ccccc1CN(C)C. The zero-order chi connectivity index (χ0) is 21.0. The molecule has 0 spiro atoms.